The molecule has 0 aliphatic heterocycles. The second kappa shape index (κ2) is 1.91. The number of hydrogen-bond acceptors (Lipinski definition) is 2. The SMILES string of the molecule is CC(=N)CN. The molecule has 0 aromatic heterocycles. The van der Waals surface area contributed by atoms with Crippen molar-refractivity contribution in [3.63, 3.8) is 0 Å². The first-order valence-electron chi connectivity index (χ1n) is 1.51. The molecule has 2 nitrogen and oxygen atoms in total. The number of nitrogens with one attached hydrogen (secondary N) is 1. The maximum absolute atomic E-state index is 6.62. The lowest BCUT2D eigenvalue weighted by Gasteiger charge is -1.78. The van der Waals surface area contributed by atoms with Gasteiger partial charge < -0.3 is 11.1 Å². The van der Waals surface area contributed by atoms with Crippen molar-refractivity contribution in [2.45, 2.75) is 6.92 Å². The summed E-state index contributed by atoms with van der Waals surface area (Å²) in [6.45, 7) is 2.07. The van der Waals surface area contributed by atoms with Crippen LogP contribution in [0.4, 0.5) is 0 Å². The van der Waals surface area contributed by atoms with Crippen molar-refractivity contribution in [1.29, 1.82) is 5.41 Å². The zero-order valence-electron chi connectivity index (χ0n) is 3.28. The van der Waals surface area contributed by atoms with Crippen LogP contribution in [0.15, 0.2) is 0 Å². The summed E-state index contributed by atoms with van der Waals surface area (Å²) in [6.07, 6.45) is 0. The Morgan fingerprint density at radius 1 is 2.00 bits per heavy atom. The van der Waals surface area contributed by atoms with E-state index in [1.54, 1.807) is 6.92 Å². The van der Waals surface area contributed by atoms with Gasteiger partial charge in [-0.15, -0.1) is 0 Å². The number of rotatable bonds is 1. The molecule has 0 unspecified atom stereocenters. The van der Waals surface area contributed by atoms with Crippen LogP contribution in [0.5, 0.6) is 0 Å². The predicted octanol–water partition coefficient (Wildman–Crippen LogP) is -0.0152. The van der Waals surface area contributed by atoms with Crippen LogP contribution in [0.25, 0.3) is 0 Å². The van der Waals surface area contributed by atoms with Gasteiger partial charge in [0, 0.05) is 12.3 Å². The average Bonchev–Trinajstić information content (AvgIpc) is 1.38. The van der Waals surface area contributed by atoms with E-state index in [4.69, 9.17) is 11.1 Å². The quantitative estimate of drug-likeness (QED) is 0.420. The van der Waals surface area contributed by atoms with Gasteiger partial charge in [0.2, 0.25) is 0 Å². The fraction of sp³-hybridized carbons (Fsp3) is 0.667. The summed E-state index contributed by atoms with van der Waals surface area (Å²) >= 11 is 0. The summed E-state index contributed by atoms with van der Waals surface area (Å²) in [5.41, 5.74) is 5.48. The Morgan fingerprint density at radius 3 is 2.20 bits per heavy atom. The molecule has 0 radical (unpaired) electrons. The minimum Gasteiger partial charge on any atom is -0.326 e. The maximum Gasteiger partial charge on any atom is 0.0304 e. The van der Waals surface area contributed by atoms with E-state index in [-0.39, 0.29) is 0 Å². The van der Waals surface area contributed by atoms with E-state index in [0.29, 0.717) is 12.3 Å². The zero-order chi connectivity index (χ0) is 4.28. The summed E-state index contributed by atoms with van der Waals surface area (Å²) in [4.78, 5) is 0. The Balaban J connectivity index is 2.85. The Hall–Kier alpha value is -0.370. The van der Waals surface area contributed by atoms with Crippen LogP contribution in [-0.4, -0.2) is 12.3 Å². The zero-order valence-corrected chi connectivity index (χ0v) is 3.28. The van der Waals surface area contributed by atoms with Crippen molar-refractivity contribution in [1.82, 2.24) is 0 Å². The van der Waals surface area contributed by atoms with E-state index in [1.165, 1.54) is 0 Å². The number of hydrogen-bond donors (Lipinski definition) is 2. The third-order valence-corrected chi connectivity index (χ3v) is 0.306. The fourth-order valence-corrected chi connectivity index (χ4v) is 0. The van der Waals surface area contributed by atoms with E-state index in [9.17, 15) is 0 Å². The average molecular weight is 72.1 g/mol. The summed E-state index contributed by atoms with van der Waals surface area (Å²) in [6, 6.07) is 0. The van der Waals surface area contributed by atoms with Gasteiger partial charge in [-0.1, -0.05) is 0 Å². The Labute approximate surface area is 31.5 Å². The van der Waals surface area contributed by atoms with E-state index in [1.807, 2.05) is 0 Å². The predicted molar refractivity (Wildman–Crippen MR) is 22.5 cm³/mol. The second-order valence-electron chi connectivity index (χ2n) is 0.984. The third-order valence-electron chi connectivity index (χ3n) is 0.306. The molecule has 0 heterocycles. The molecule has 0 bridgehead atoms. The largest absolute Gasteiger partial charge is 0.326 e. The van der Waals surface area contributed by atoms with Gasteiger partial charge in [-0.05, 0) is 6.92 Å². The third kappa shape index (κ3) is 3.63. The topological polar surface area (TPSA) is 49.9 Å². The molecule has 30 valence electrons. The van der Waals surface area contributed by atoms with E-state index >= 15 is 0 Å². The van der Waals surface area contributed by atoms with E-state index in [0.717, 1.165) is 0 Å². The number of nitrogens with two attached hydrogens (primary N) is 1. The van der Waals surface area contributed by atoms with Crippen LogP contribution in [0.3, 0.4) is 0 Å². The monoisotopic (exact) mass is 72.1 g/mol. The van der Waals surface area contributed by atoms with Crippen LogP contribution < -0.4 is 5.73 Å². The van der Waals surface area contributed by atoms with Gasteiger partial charge in [0.1, 0.15) is 0 Å². The summed E-state index contributed by atoms with van der Waals surface area (Å²) in [5.74, 6) is 0. The molecule has 0 saturated carbocycles. The van der Waals surface area contributed by atoms with Crippen LogP contribution in [-0.2, 0) is 0 Å². The van der Waals surface area contributed by atoms with Gasteiger partial charge >= 0.3 is 0 Å². The minimum atomic E-state index is 0.389. The molecule has 0 spiro atoms. The molecule has 0 aliphatic rings. The highest BCUT2D eigenvalue weighted by Gasteiger charge is 1.70. The summed E-state index contributed by atoms with van der Waals surface area (Å²) in [5, 5.41) is 6.62. The lowest BCUT2D eigenvalue weighted by Crippen LogP contribution is -2.07. The van der Waals surface area contributed by atoms with Gasteiger partial charge in [0.15, 0.2) is 0 Å². The van der Waals surface area contributed by atoms with Gasteiger partial charge in [-0.3, -0.25) is 0 Å². The highest BCUT2D eigenvalue weighted by atomic mass is 14.6. The van der Waals surface area contributed by atoms with Crippen molar-refractivity contribution >= 4 is 5.71 Å². The molecule has 0 saturated heterocycles. The van der Waals surface area contributed by atoms with Crippen LogP contribution in [0.1, 0.15) is 6.92 Å². The molecule has 0 amide bonds. The molecule has 0 aliphatic carbocycles. The van der Waals surface area contributed by atoms with E-state index in [2.05, 4.69) is 0 Å². The maximum atomic E-state index is 6.62. The highest BCUT2D eigenvalue weighted by molar-refractivity contribution is 5.80. The fourth-order valence-electron chi connectivity index (χ4n) is 0. The van der Waals surface area contributed by atoms with Crippen LogP contribution >= 0.6 is 0 Å². The van der Waals surface area contributed by atoms with Gasteiger partial charge in [0.05, 0.1) is 0 Å². The molecule has 3 N–H and O–H groups in total. The highest BCUT2D eigenvalue weighted by Crippen LogP contribution is 1.53. The molecule has 0 aromatic rings. The van der Waals surface area contributed by atoms with Gasteiger partial charge in [0.25, 0.3) is 0 Å². The molecule has 0 fully saturated rings. The van der Waals surface area contributed by atoms with Gasteiger partial charge in [-0.2, -0.15) is 0 Å². The second-order valence-corrected chi connectivity index (χ2v) is 0.984. The minimum absolute atomic E-state index is 0.389. The molecule has 5 heavy (non-hydrogen) atoms. The summed E-state index contributed by atoms with van der Waals surface area (Å²) < 4.78 is 0. The molecule has 0 rings (SSSR count). The molecular weight excluding hydrogens is 64.0 g/mol. The standard InChI is InChI=1S/C3H8N2/c1-3(5)2-4/h5H,2,4H2,1H3. The first-order chi connectivity index (χ1) is 2.27. The molecule has 0 aromatic carbocycles. The van der Waals surface area contributed by atoms with Crippen LogP contribution in [0, 0.1) is 5.41 Å². The summed E-state index contributed by atoms with van der Waals surface area (Å²) in [7, 11) is 0. The first kappa shape index (κ1) is 4.63. The Kier molecular flexibility index (Phi) is 1.76. The Bertz CT molecular complexity index is 40.2. The normalized spacial score (nSPS) is 7.60. The Morgan fingerprint density at radius 2 is 2.20 bits per heavy atom. The lowest BCUT2D eigenvalue weighted by molar-refractivity contribution is 1.25. The van der Waals surface area contributed by atoms with Crippen molar-refractivity contribution in [2.24, 2.45) is 5.73 Å². The van der Waals surface area contributed by atoms with E-state index < -0.39 is 0 Å². The van der Waals surface area contributed by atoms with Crippen LogP contribution in [0.2, 0.25) is 0 Å². The van der Waals surface area contributed by atoms with Crippen molar-refractivity contribution in [3.8, 4) is 0 Å². The smallest absolute Gasteiger partial charge is 0.0304 e. The molecule has 0 atom stereocenters. The first-order valence-corrected chi connectivity index (χ1v) is 1.51. The molecule has 2 heteroatoms. The van der Waals surface area contributed by atoms with Gasteiger partial charge in [-0.25, -0.2) is 0 Å². The lowest BCUT2D eigenvalue weighted by atomic mass is 10.5. The van der Waals surface area contributed by atoms with Crippen molar-refractivity contribution < 1.29 is 0 Å². The molecular formula is C3H8N2. The van der Waals surface area contributed by atoms with Crippen molar-refractivity contribution in [2.75, 3.05) is 6.54 Å². The van der Waals surface area contributed by atoms with Crippen molar-refractivity contribution in [3.05, 3.63) is 0 Å².